The maximum atomic E-state index is 11.6. The highest BCUT2D eigenvalue weighted by atomic mass is 31.1. The van der Waals surface area contributed by atoms with E-state index in [0.29, 0.717) is 6.10 Å². The highest BCUT2D eigenvalue weighted by molar-refractivity contribution is 7.39. The van der Waals surface area contributed by atoms with Crippen LogP contribution in [0.2, 0.25) is 0 Å². The summed E-state index contributed by atoms with van der Waals surface area (Å²) in [6, 6.07) is 0. The molecule has 0 aromatic rings. The van der Waals surface area contributed by atoms with Crippen LogP contribution in [-0.4, -0.2) is 12.3 Å². The molecule has 0 N–H and O–H groups in total. The number of unbranched alkanes of at least 4 members (excludes halogenated alkanes) is 3. The average Bonchev–Trinajstić information content (AvgIpc) is 2.26. The molecule has 1 aliphatic carbocycles. The highest BCUT2D eigenvalue weighted by Crippen LogP contribution is 2.32. The zero-order valence-electron chi connectivity index (χ0n) is 9.91. The van der Waals surface area contributed by atoms with Crippen molar-refractivity contribution in [2.45, 2.75) is 70.8 Å². The molecule has 0 saturated heterocycles. The second-order valence-corrected chi connectivity index (χ2v) is 5.81. The Morgan fingerprint density at radius 1 is 1.13 bits per heavy atom. The standard InChI is InChI=1S/C12H24O2P/c1-2-3-4-8-11-15(13)14-12-9-6-5-7-10-12/h12H,2-11H2,1H3/q+1. The van der Waals surface area contributed by atoms with Gasteiger partial charge in [-0.1, -0.05) is 39.0 Å². The van der Waals surface area contributed by atoms with Gasteiger partial charge in [0, 0.05) is 0 Å². The molecule has 3 heteroatoms. The van der Waals surface area contributed by atoms with Crippen LogP contribution in [0.25, 0.3) is 0 Å². The van der Waals surface area contributed by atoms with E-state index in [0.717, 1.165) is 25.4 Å². The molecule has 2 nitrogen and oxygen atoms in total. The smallest absolute Gasteiger partial charge is 0.143 e. The molecular weight excluding hydrogens is 207 g/mol. The Hall–Kier alpha value is 0.0600. The Bertz CT molecular complexity index is 176. The van der Waals surface area contributed by atoms with Crippen molar-refractivity contribution >= 4 is 8.03 Å². The quantitative estimate of drug-likeness (QED) is 0.470. The van der Waals surface area contributed by atoms with Gasteiger partial charge in [-0.15, -0.1) is 4.52 Å². The topological polar surface area (TPSA) is 26.3 Å². The van der Waals surface area contributed by atoms with E-state index in [9.17, 15) is 4.57 Å². The molecule has 0 heterocycles. The Balaban J connectivity index is 2.01. The molecule has 0 aliphatic heterocycles. The molecule has 0 spiro atoms. The molecule has 0 aromatic carbocycles. The van der Waals surface area contributed by atoms with Gasteiger partial charge in [0.05, 0.1) is 0 Å². The maximum absolute atomic E-state index is 11.6. The number of hydrogen-bond acceptors (Lipinski definition) is 2. The predicted octanol–water partition coefficient (Wildman–Crippen LogP) is 4.66. The first kappa shape index (κ1) is 13.1. The maximum Gasteiger partial charge on any atom is 0.508 e. The van der Waals surface area contributed by atoms with E-state index in [-0.39, 0.29) is 0 Å². The van der Waals surface area contributed by atoms with Gasteiger partial charge in [-0.25, -0.2) is 0 Å². The zero-order chi connectivity index (χ0) is 10.9. The Morgan fingerprint density at radius 2 is 1.87 bits per heavy atom. The Morgan fingerprint density at radius 3 is 2.53 bits per heavy atom. The summed E-state index contributed by atoms with van der Waals surface area (Å²) in [5.74, 6) is 0. The minimum Gasteiger partial charge on any atom is -0.143 e. The molecule has 1 saturated carbocycles. The van der Waals surface area contributed by atoms with Gasteiger partial charge in [-0.2, -0.15) is 0 Å². The van der Waals surface area contributed by atoms with Crippen LogP contribution in [0.15, 0.2) is 0 Å². The molecular formula is C12H24O2P+. The molecule has 1 rings (SSSR count). The van der Waals surface area contributed by atoms with E-state index in [2.05, 4.69) is 6.92 Å². The van der Waals surface area contributed by atoms with E-state index in [1.165, 1.54) is 38.5 Å². The minimum atomic E-state index is -1.37. The van der Waals surface area contributed by atoms with Crippen molar-refractivity contribution in [1.82, 2.24) is 0 Å². The zero-order valence-corrected chi connectivity index (χ0v) is 10.8. The van der Waals surface area contributed by atoms with Crippen molar-refractivity contribution in [3.63, 3.8) is 0 Å². The third-order valence-electron chi connectivity index (χ3n) is 3.01. The first-order chi connectivity index (χ1) is 7.33. The van der Waals surface area contributed by atoms with Gasteiger partial charge in [-0.3, -0.25) is 0 Å². The SMILES string of the molecule is CCCCCC[P+](=O)OC1CCCCC1. The largest absolute Gasteiger partial charge is 0.508 e. The van der Waals surface area contributed by atoms with Crippen molar-refractivity contribution in [2.75, 3.05) is 6.16 Å². The lowest BCUT2D eigenvalue weighted by Crippen LogP contribution is -2.13. The summed E-state index contributed by atoms with van der Waals surface area (Å²) in [7, 11) is -1.37. The second kappa shape index (κ2) is 8.24. The summed E-state index contributed by atoms with van der Waals surface area (Å²) in [5, 5.41) is 0. The fourth-order valence-electron chi connectivity index (χ4n) is 2.06. The van der Waals surface area contributed by atoms with Crippen molar-refractivity contribution in [3.8, 4) is 0 Å². The second-order valence-electron chi connectivity index (χ2n) is 4.48. The third kappa shape index (κ3) is 6.27. The number of rotatable bonds is 7. The highest BCUT2D eigenvalue weighted by Gasteiger charge is 2.25. The summed E-state index contributed by atoms with van der Waals surface area (Å²) in [4.78, 5) is 0. The summed E-state index contributed by atoms with van der Waals surface area (Å²) >= 11 is 0. The van der Waals surface area contributed by atoms with Crippen molar-refractivity contribution in [3.05, 3.63) is 0 Å². The Kier molecular flexibility index (Phi) is 7.21. The van der Waals surface area contributed by atoms with E-state index in [1.54, 1.807) is 0 Å². The van der Waals surface area contributed by atoms with Crippen LogP contribution in [0.5, 0.6) is 0 Å². The molecule has 15 heavy (non-hydrogen) atoms. The first-order valence-electron chi connectivity index (χ1n) is 6.44. The van der Waals surface area contributed by atoms with Gasteiger partial charge in [0.2, 0.25) is 0 Å². The number of hydrogen-bond donors (Lipinski definition) is 0. The van der Waals surface area contributed by atoms with Crippen molar-refractivity contribution in [2.24, 2.45) is 0 Å². The van der Waals surface area contributed by atoms with Gasteiger partial charge in [0.15, 0.2) is 6.16 Å². The lowest BCUT2D eigenvalue weighted by Gasteiger charge is -2.15. The van der Waals surface area contributed by atoms with Crippen molar-refractivity contribution < 1.29 is 9.09 Å². The van der Waals surface area contributed by atoms with Gasteiger partial charge < -0.3 is 0 Å². The van der Waals surface area contributed by atoms with Gasteiger partial charge in [0.25, 0.3) is 0 Å². The van der Waals surface area contributed by atoms with E-state index in [4.69, 9.17) is 4.52 Å². The molecule has 0 amide bonds. The molecule has 0 bridgehead atoms. The van der Waals surface area contributed by atoms with Crippen LogP contribution in [-0.2, 0) is 9.09 Å². The first-order valence-corrected chi connectivity index (χ1v) is 7.80. The van der Waals surface area contributed by atoms with Crippen LogP contribution >= 0.6 is 8.03 Å². The molecule has 1 unspecified atom stereocenters. The summed E-state index contributed by atoms with van der Waals surface area (Å²) < 4.78 is 17.2. The lowest BCUT2D eigenvalue weighted by molar-refractivity contribution is 0.165. The van der Waals surface area contributed by atoms with Crippen LogP contribution in [0.3, 0.4) is 0 Å². The minimum absolute atomic E-state index is 0.300. The van der Waals surface area contributed by atoms with Gasteiger partial charge in [-0.05, 0) is 30.2 Å². The molecule has 1 aliphatic rings. The molecule has 1 fully saturated rings. The van der Waals surface area contributed by atoms with E-state index >= 15 is 0 Å². The fourth-order valence-corrected chi connectivity index (χ4v) is 3.19. The average molecular weight is 231 g/mol. The molecule has 88 valence electrons. The van der Waals surface area contributed by atoms with Gasteiger partial charge in [0.1, 0.15) is 6.10 Å². The molecule has 1 atom stereocenters. The van der Waals surface area contributed by atoms with Gasteiger partial charge >= 0.3 is 8.03 Å². The van der Waals surface area contributed by atoms with Crippen LogP contribution in [0.1, 0.15) is 64.7 Å². The summed E-state index contributed by atoms with van der Waals surface area (Å²) in [6.07, 6.45) is 11.9. The summed E-state index contributed by atoms with van der Waals surface area (Å²) in [5.41, 5.74) is 0. The molecule has 0 radical (unpaired) electrons. The normalized spacial score (nSPS) is 19.1. The summed E-state index contributed by atoms with van der Waals surface area (Å²) in [6.45, 7) is 2.19. The Labute approximate surface area is 94.7 Å². The van der Waals surface area contributed by atoms with Crippen LogP contribution in [0.4, 0.5) is 0 Å². The third-order valence-corrected chi connectivity index (χ3v) is 4.23. The van der Waals surface area contributed by atoms with Crippen LogP contribution < -0.4 is 0 Å². The van der Waals surface area contributed by atoms with Crippen molar-refractivity contribution in [1.29, 1.82) is 0 Å². The molecule has 0 aromatic heterocycles. The van der Waals surface area contributed by atoms with E-state index in [1.807, 2.05) is 0 Å². The lowest BCUT2D eigenvalue weighted by atomic mass is 9.98. The predicted molar refractivity (Wildman–Crippen MR) is 64.6 cm³/mol. The van der Waals surface area contributed by atoms with E-state index < -0.39 is 8.03 Å². The fraction of sp³-hybridized carbons (Fsp3) is 1.00. The van der Waals surface area contributed by atoms with Crippen LogP contribution in [0, 0.1) is 0 Å². The monoisotopic (exact) mass is 231 g/mol.